The Morgan fingerprint density at radius 3 is 2.57 bits per heavy atom. The highest BCUT2D eigenvalue weighted by Gasteiger charge is 2.08. The van der Waals surface area contributed by atoms with E-state index in [1.54, 1.807) is 6.92 Å². The highest BCUT2D eigenvalue weighted by atomic mass is 16.3. The van der Waals surface area contributed by atoms with Gasteiger partial charge in [-0.1, -0.05) is 48.0 Å². The van der Waals surface area contributed by atoms with Crippen LogP contribution in [-0.4, -0.2) is 22.3 Å². The Balaban J connectivity index is 1.86. The number of aliphatic hydroxyl groups is 1. The molecule has 3 rings (SSSR count). The molecule has 0 unspecified atom stereocenters. The number of aliphatic hydroxyl groups excluding tert-OH is 1. The number of hydrogen-bond acceptors (Lipinski definition) is 2. The first-order valence-corrected chi connectivity index (χ1v) is 8.14. The maximum Gasteiger partial charge on any atom is 0.0636 e. The number of benzene rings is 2. The lowest BCUT2D eigenvalue weighted by Gasteiger charge is -2.06. The lowest BCUT2D eigenvalue weighted by molar-refractivity contribution is 0.191. The summed E-state index contributed by atoms with van der Waals surface area (Å²) in [5.41, 5.74) is 5.12. The summed E-state index contributed by atoms with van der Waals surface area (Å²) in [5.74, 6) is 0. The Morgan fingerprint density at radius 2 is 1.83 bits per heavy atom. The lowest BCUT2D eigenvalue weighted by atomic mass is 10.1. The fourth-order valence-corrected chi connectivity index (χ4v) is 2.90. The fraction of sp³-hybridized carbons (Fsp3) is 0.300. The van der Waals surface area contributed by atoms with Gasteiger partial charge in [-0.05, 0) is 31.0 Å². The Labute approximate surface area is 137 Å². The highest BCUT2D eigenvalue weighted by Crippen LogP contribution is 2.22. The molecule has 1 heterocycles. The van der Waals surface area contributed by atoms with Crippen LogP contribution < -0.4 is 5.32 Å². The molecule has 0 aliphatic carbocycles. The van der Waals surface area contributed by atoms with Crippen LogP contribution in [0.3, 0.4) is 0 Å². The molecule has 2 N–H and O–H groups in total. The van der Waals surface area contributed by atoms with Crippen LogP contribution in [0, 0.1) is 6.92 Å². The second-order valence-electron chi connectivity index (χ2n) is 6.26. The first-order valence-electron chi connectivity index (χ1n) is 8.14. The van der Waals surface area contributed by atoms with Gasteiger partial charge < -0.3 is 15.0 Å². The maximum atomic E-state index is 9.40. The average molecular weight is 308 g/mol. The number of aromatic nitrogens is 1. The van der Waals surface area contributed by atoms with E-state index in [4.69, 9.17) is 0 Å². The van der Waals surface area contributed by atoms with Crippen LogP contribution in [0.25, 0.3) is 10.9 Å². The van der Waals surface area contributed by atoms with E-state index < -0.39 is 0 Å². The van der Waals surface area contributed by atoms with Crippen LogP contribution in [0.4, 0.5) is 0 Å². The van der Waals surface area contributed by atoms with Crippen LogP contribution in [0.5, 0.6) is 0 Å². The number of nitrogens with zero attached hydrogens (tertiary/aromatic N) is 1. The minimum Gasteiger partial charge on any atom is -0.392 e. The molecular formula is C20H24N2O. The van der Waals surface area contributed by atoms with Crippen molar-refractivity contribution in [1.82, 2.24) is 9.88 Å². The van der Waals surface area contributed by atoms with Crippen LogP contribution >= 0.6 is 0 Å². The second kappa shape index (κ2) is 6.99. The van der Waals surface area contributed by atoms with Crippen molar-refractivity contribution in [1.29, 1.82) is 0 Å². The molecule has 0 aliphatic heterocycles. The summed E-state index contributed by atoms with van der Waals surface area (Å²) in [5, 5.41) is 14.0. The monoisotopic (exact) mass is 308 g/mol. The molecule has 0 radical (unpaired) electrons. The molecule has 3 aromatic rings. The Hall–Kier alpha value is -2.10. The maximum absolute atomic E-state index is 9.40. The van der Waals surface area contributed by atoms with Crippen molar-refractivity contribution in [3.05, 3.63) is 71.4 Å². The van der Waals surface area contributed by atoms with Gasteiger partial charge in [0.1, 0.15) is 0 Å². The second-order valence-corrected chi connectivity index (χ2v) is 6.26. The number of para-hydroxylation sites is 1. The number of fused-ring (bicyclic) bond motifs is 1. The highest BCUT2D eigenvalue weighted by molar-refractivity contribution is 5.84. The zero-order valence-corrected chi connectivity index (χ0v) is 13.8. The van der Waals surface area contributed by atoms with E-state index in [1.165, 1.54) is 27.6 Å². The first kappa shape index (κ1) is 15.8. The minimum atomic E-state index is -0.323. The molecule has 3 heteroatoms. The first-order chi connectivity index (χ1) is 11.1. The van der Waals surface area contributed by atoms with Crippen molar-refractivity contribution in [3.8, 4) is 0 Å². The number of rotatable bonds is 6. The Morgan fingerprint density at radius 1 is 1.09 bits per heavy atom. The molecule has 0 bridgehead atoms. The molecule has 0 saturated carbocycles. The van der Waals surface area contributed by atoms with Crippen molar-refractivity contribution < 1.29 is 5.11 Å². The summed E-state index contributed by atoms with van der Waals surface area (Å²) in [4.78, 5) is 0. The number of nitrogens with one attached hydrogen (secondary N) is 1. The topological polar surface area (TPSA) is 37.2 Å². The molecule has 23 heavy (non-hydrogen) atoms. The van der Waals surface area contributed by atoms with Crippen LogP contribution in [0.15, 0.2) is 54.7 Å². The Bertz CT molecular complexity index is 772. The van der Waals surface area contributed by atoms with Crippen molar-refractivity contribution in [3.63, 3.8) is 0 Å². The van der Waals surface area contributed by atoms with E-state index in [0.29, 0.717) is 6.54 Å². The van der Waals surface area contributed by atoms with E-state index >= 15 is 0 Å². The fourth-order valence-electron chi connectivity index (χ4n) is 2.90. The van der Waals surface area contributed by atoms with E-state index in [0.717, 1.165) is 13.1 Å². The minimum absolute atomic E-state index is 0.323. The molecule has 120 valence electrons. The SMILES string of the molecule is Cc1ccc(Cn2cc(CNC[C@@H](C)O)c3ccccc32)cc1. The van der Waals surface area contributed by atoms with Crippen LogP contribution in [-0.2, 0) is 13.1 Å². The molecule has 3 nitrogen and oxygen atoms in total. The predicted octanol–water partition coefficient (Wildman–Crippen LogP) is 3.47. The molecule has 2 aromatic carbocycles. The van der Waals surface area contributed by atoms with Gasteiger partial charge in [0, 0.05) is 36.7 Å². The summed E-state index contributed by atoms with van der Waals surface area (Å²) >= 11 is 0. The molecule has 0 amide bonds. The molecule has 0 fully saturated rings. The predicted molar refractivity (Wildman–Crippen MR) is 95.6 cm³/mol. The smallest absolute Gasteiger partial charge is 0.0636 e. The van der Waals surface area contributed by atoms with Crippen LogP contribution in [0.2, 0.25) is 0 Å². The molecule has 1 aromatic heterocycles. The third-order valence-electron chi connectivity index (χ3n) is 4.10. The average Bonchev–Trinajstić information content (AvgIpc) is 2.88. The van der Waals surface area contributed by atoms with E-state index in [2.05, 4.69) is 71.5 Å². The van der Waals surface area contributed by atoms with Crippen molar-refractivity contribution in [2.45, 2.75) is 33.0 Å². The Kier molecular flexibility index (Phi) is 4.79. The zero-order valence-electron chi connectivity index (χ0n) is 13.8. The third-order valence-corrected chi connectivity index (χ3v) is 4.10. The third kappa shape index (κ3) is 3.81. The van der Waals surface area contributed by atoms with Gasteiger partial charge >= 0.3 is 0 Å². The van der Waals surface area contributed by atoms with Crippen molar-refractivity contribution in [2.75, 3.05) is 6.54 Å². The van der Waals surface area contributed by atoms with Gasteiger partial charge in [-0.25, -0.2) is 0 Å². The van der Waals surface area contributed by atoms with Gasteiger partial charge in [-0.3, -0.25) is 0 Å². The van der Waals surface area contributed by atoms with Crippen molar-refractivity contribution >= 4 is 10.9 Å². The summed E-state index contributed by atoms with van der Waals surface area (Å²) in [6, 6.07) is 17.2. The van der Waals surface area contributed by atoms with Gasteiger partial charge in [0.2, 0.25) is 0 Å². The van der Waals surface area contributed by atoms with Crippen molar-refractivity contribution in [2.24, 2.45) is 0 Å². The van der Waals surface area contributed by atoms with Gasteiger partial charge in [-0.15, -0.1) is 0 Å². The summed E-state index contributed by atoms with van der Waals surface area (Å²) < 4.78 is 2.30. The standard InChI is InChI=1S/C20H24N2O/c1-15-7-9-17(10-8-15)13-22-14-18(12-21-11-16(2)23)19-5-3-4-6-20(19)22/h3-10,14,16,21,23H,11-13H2,1-2H3/t16-/m1/s1. The van der Waals surface area contributed by atoms with Gasteiger partial charge in [0.15, 0.2) is 0 Å². The summed E-state index contributed by atoms with van der Waals surface area (Å²) in [6.07, 6.45) is 1.90. The lowest BCUT2D eigenvalue weighted by Crippen LogP contribution is -2.23. The van der Waals surface area contributed by atoms with Gasteiger partial charge in [0.25, 0.3) is 0 Å². The molecule has 0 spiro atoms. The van der Waals surface area contributed by atoms with Crippen LogP contribution in [0.1, 0.15) is 23.6 Å². The molecule has 0 saturated heterocycles. The zero-order chi connectivity index (χ0) is 16.2. The van der Waals surface area contributed by atoms with E-state index in [-0.39, 0.29) is 6.10 Å². The summed E-state index contributed by atoms with van der Waals surface area (Å²) in [7, 11) is 0. The van der Waals surface area contributed by atoms with E-state index in [9.17, 15) is 5.11 Å². The van der Waals surface area contributed by atoms with Gasteiger partial charge in [-0.2, -0.15) is 0 Å². The largest absolute Gasteiger partial charge is 0.392 e. The van der Waals surface area contributed by atoms with Gasteiger partial charge in [0.05, 0.1) is 6.10 Å². The summed E-state index contributed by atoms with van der Waals surface area (Å²) in [6.45, 7) is 6.16. The number of hydrogen-bond donors (Lipinski definition) is 2. The molecule has 0 aliphatic rings. The quantitative estimate of drug-likeness (QED) is 0.731. The normalized spacial score (nSPS) is 12.7. The molecule has 1 atom stereocenters. The molecular weight excluding hydrogens is 284 g/mol. The van der Waals surface area contributed by atoms with E-state index in [1.807, 2.05) is 0 Å². The number of aryl methyl sites for hydroxylation is 1.